The molecule has 1 heterocycles. The minimum atomic E-state index is -1.74. The van der Waals surface area contributed by atoms with Gasteiger partial charge < -0.3 is 14.8 Å². The van der Waals surface area contributed by atoms with Crippen LogP contribution in [-0.2, 0) is 10.4 Å². The van der Waals surface area contributed by atoms with Crippen molar-refractivity contribution in [3.05, 3.63) is 29.6 Å². The van der Waals surface area contributed by atoms with Crippen molar-refractivity contribution in [2.24, 2.45) is 0 Å². The van der Waals surface area contributed by atoms with Crippen molar-refractivity contribution in [3.63, 3.8) is 0 Å². The van der Waals surface area contributed by atoms with Crippen molar-refractivity contribution < 1.29 is 18.3 Å². The van der Waals surface area contributed by atoms with Gasteiger partial charge in [-0.15, -0.1) is 0 Å². The van der Waals surface area contributed by atoms with E-state index in [-0.39, 0.29) is 18.0 Å². The molecule has 2 unspecified atom stereocenters. The summed E-state index contributed by atoms with van der Waals surface area (Å²) in [4.78, 5) is 0. The van der Waals surface area contributed by atoms with Gasteiger partial charge in [0.1, 0.15) is 17.2 Å². The Bertz CT molecular complexity index is 431. The van der Waals surface area contributed by atoms with E-state index in [0.717, 1.165) is 0 Å². The first-order valence-electron chi connectivity index (χ1n) is 6.37. The highest BCUT2D eigenvalue weighted by Gasteiger charge is 2.33. The van der Waals surface area contributed by atoms with E-state index in [2.05, 4.69) is 5.32 Å². The Labute approximate surface area is 111 Å². The smallest absolute Gasteiger partial charge is 0.137 e. The van der Waals surface area contributed by atoms with Gasteiger partial charge in [0.15, 0.2) is 0 Å². The average Bonchev–Trinajstić information content (AvgIpc) is 2.38. The zero-order valence-corrected chi connectivity index (χ0v) is 11.2. The van der Waals surface area contributed by atoms with Gasteiger partial charge >= 0.3 is 0 Å². The molecule has 3 nitrogen and oxygen atoms in total. The van der Waals surface area contributed by atoms with Crippen LogP contribution in [0.15, 0.2) is 18.2 Å². The van der Waals surface area contributed by atoms with E-state index in [1.165, 1.54) is 26.2 Å². The first-order valence-corrected chi connectivity index (χ1v) is 6.37. The normalized spacial score (nSPS) is 22.8. The standard InChI is InChI=1S/C14H19F2NO2/c1-14(16,8-10-9-19-6-5-17-10)12-4-3-11(18-2)7-13(12)15/h3-4,7,10,17H,5-6,8-9H2,1-2H3. The minimum Gasteiger partial charge on any atom is -0.497 e. The zero-order valence-electron chi connectivity index (χ0n) is 11.2. The van der Waals surface area contributed by atoms with Crippen LogP contribution in [0.4, 0.5) is 8.78 Å². The summed E-state index contributed by atoms with van der Waals surface area (Å²) in [5.41, 5.74) is -1.69. The van der Waals surface area contributed by atoms with Crippen molar-refractivity contribution in [3.8, 4) is 5.75 Å². The molecule has 1 aliphatic heterocycles. The number of ether oxygens (including phenoxy) is 2. The Morgan fingerprint density at radius 1 is 1.53 bits per heavy atom. The molecule has 1 aliphatic rings. The van der Waals surface area contributed by atoms with E-state index < -0.39 is 11.5 Å². The molecule has 1 fully saturated rings. The Morgan fingerprint density at radius 2 is 2.32 bits per heavy atom. The third-order valence-electron chi connectivity index (χ3n) is 3.37. The summed E-state index contributed by atoms with van der Waals surface area (Å²) in [5.74, 6) is -0.197. The van der Waals surface area contributed by atoms with Crippen molar-refractivity contribution in [2.75, 3.05) is 26.9 Å². The monoisotopic (exact) mass is 271 g/mol. The number of methoxy groups -OCH3 is 1. The number of hydrogen-bond acceptors (Lipinski definition) is 3. The number of rotatable bonds is 4. The predicted octanol–water partition coefficient (Wildman–Crippen LogP) is 2.40. The topological polar surface area (TPSA) is 30.5 Å². The van der Waals surface area contributed by atoms with Crippen LogP contribution in [0.1, 0.15) is 18.9 Å². The van der Waals surface area contributed by atoms with Crippen LogP contribution in [0, 0.1) is 5.82 Å². The lowest BCUT2D eigenvalue weighted by atomic mass is 9.90. The number of nitrogens with one attached hydrogen (secondary N) is 1. The SMILES string of the molecule is COc1ccc(C(C)(F)CC2COCCN2)c(F)c1. The first kappa shape index (κ1) is 14.2. The largest absolute Gasteiger partial charge is 0.497 e. The molecule has 2 rings (SSSR count). The van der Waals surface area contributed by atoms with Gasteiger partial charge in [-0.2, -0.15) is 0 Å². The van der Waals surface area contributed by atoms with Crippen molar-refractivity contribution in [1.82, 2.24) is 5.32 Å². The number of benzene rings is 1. The van der Waals surface area contributed by atoms with Crippen molar-refractivity contribution in [1.29, 1.82) is 0 Å². The molecule has 0 saturated carbocycles. The molecular weight excluding hydrogens is 252 g/mol. The molecule has 0 aliphatic carbocycles. The van der Waals surface area contributed by atoms with Crippen molar-refractivity contribution >= 4 is 0 Å². The lowest BCUT2D eigenvalue weighted by Crippen LogP contribution is -2.44. The molecule has 0 amide bonds. The Hall–Kier alpha value is -1.20. The summed E-state index contributed by atoms with van der Waals surface area (Å²) in [7, 11) is 1.45. The number of alkyl halides is 1. The highest BCUT2D eigenvalue weighted by atomic mass is 19.1. The molecule has 5 heteroatoms. The van der Waals surface area contributed by atoms with Gasteiger partial charge in [-0.1, -0.05) is 0 Å². The van der Waals surface area contributed by atoms with Gasteiger partial charge in [-0.05, 0) is 19.1 Å². The summed E-state index contributed by atoms with van der Waals surface area (Å²) >= 11 is 0. The molecule has 1 aromatic carbocycles. The highest BCUT2D eigenvalue weighted by molar-refractivity contribution is 5.32. The van der Waals surface area contributed by atoms with E-state index in [1.807, 2.05) is 0 Å². The van der Waals surface area contributed by atoms with Crippen LogP contribution < -0.4 is 10.1 Å². The number of halogens is 2. The summed E-state index contributed by atoms with van der Waals surface area (Å²) in [6.45, 7) is 3.19. The maximum atomic E-state index is 14.7. The number of hydrogen-bond donors (Lipinski definition) is 1. The highest BCUT2D eigenvalue weighted by Crippen LogP contribution is 2.34. The van der Waals surface area contributed by atoms with Gasteiger partial charge in [-0.25, -0.2) is 8.78 Å². The second-order valence-electron chi connectivity index (χ2n) is 4.97. The van der Waals surface area contributed by atoms with Gasteiger partial charge in [0.25, 0.3) is 0 Å². The third-order valence-corrected chi connectivity index (χ3v) is 3.37. The molecule has 2 atom stereocenters. The average molecular weight is 271 g/mol. The van der Waals surface area contributed by atoms with E-state index in [4.69, 9.17) is 9.47 Å². The van der Waals surface area contributed by atoms with Gasteiger partial charge in [-0.3, -0.25) is 0 Å². The van der Waals surface area contributed by atoms with Gasteiger partial charge in [0.05, 0.1) is 20.3 Å². The molecule has 0 bridgehead atoms. The molecule has 1 aromatic rings. The first-order chi connectivity index (χ1) is 9.03. The lowest BCUT2D eigenvalue weighted by molar-refractivity contribution is 0.0465. The summed E-state index contributed by atoms with van der Waals surface area (Å²) in [6.07, 6.45) is 0.177. The molecular formula is C14H19F2NO2. The van der Waals surface area contributed by atoms with E-state index >= 15 is 0 Å². The summed E-state index contributed by atoms with van der Waals surface area (Å²) in [5, 5.41) is 3.17. The fraction of sp³-hybridized carbons (Fsp3) is 0.571. The lowest BCUT2D eigenvalue weighted by Gasteiger charge is -2.30. The molecule has 0 spiro atoms. The molecule has 106 valence electrons. The molecule has 19 heavy (non-hydrogen) atoms. The van der Waals surface area contributed by atoms with Crippen LogP contribution >= 0.6 is 0 Å². The van der Waals surface area contributed by atoms with E-state index in [1.54, 1.807) is 6.07 Å². The predicted molar refractivity (Wildman–Crippen MR) is 68.6 cm³/mol. The molecule has 1 saturated heterocycles. The maximum Gasteiger partial charge on any atom is 0.137 e. The molecule has 0 aromatic heterocycles. The second kappa shape index (κ2) is 5.84. The zero-order chi connectivity index (χ0) is 13.9. The Kier molecular flexibility index (Phi) is 4.37. The van der Waals surface area contributed by atoms with E-state index in [0.29, 0.717) is 25.5 Å². The maximum absolute atomic E-state index is 14.7. The van der Waals surface area contributed by atoms with Crippen LogP contribution in [0.25, 0.3) is 0 Å². The Balaban J connectivity index is 2.13. The van der Waals surface area contributed by atoms with E-state index in [9.17, 15) is 8.78 Å². The fourth-order valence-corrected chi connectivity index (χ4v) is 2.37. The van der Waals surface area contributed by atoms with Crippen LogP contribution in [0.2, 0.25) is 0 Å². The van der Waals surface area contributed by atoms with Crippen LogP contribution in [0.3, 0.4) is 0 Å². The number of morpholine rings is 1. The van der Waals surface area contributed by atoms with Gasteiger partial charge in [0.2, 0.25) is 0 Å². The summed E-state index contributed by atoms with van der Waals surface area (Å²) in [6, 6.07) is 4.13. The third kappa shape index (κ3) is 3.42. The minimum absolute atomic E-state index is 0.0562. The van der Waals surface area contributed by atoms with Crippen LogP contribution in [-0.4, -0.2) is 32.9 Å². The van der Waals surface area contributed by atoms with Crippen LogP contribution in [0.5, 0.6) is 5.75 Å². The van der Waals surface area contributed by atoms with Crippen molar-refractivity contribution in [2.45, 2.75) is 25.1 Å². The quantitative estimate of drug-likeness (QED) is 0.912. The summed E-state index contributed by atoms with van der Waals surface area (Å²) < 4.78 is 38.8. The fourth-order valence-electron chi connectivity index (χ4n) is 2.37. The molecule has 0 radical (unpaired) electrons. The second-order valence-corrected chi connectivity index (χ2v) is 4.97. The molecule has 1 N–H and O–H groups in total. The Morgan fingerprint density at radius 3 is 2.89 bits per heavy atom. The van der Waals surface area contributed by atoms with Gasteiger partial charge in [0, 0.05) is 30.6 Å².